The highest BCUT2D eigenvalue weighted by Crippen LogP contribution is 2.07. The molecule has 1 unspecified atom stereocenters. The zero-order chi connectivity index (χ0) is 9.84. The van der Waals surface area contributed by atoms with Crippen LogP contribution in [0.25, 0.3) is 0 Å². The third-order valence-electron chi connectivity index (χ3n) is 1.85. The molecule has 0 amide bonds. The minimum Gasteiger partial charge on any atom is -0.305 e. The first-order valence-corrected chi connectivity index (χ1v) is 4.80. The first kappa shape index (κ1) is 10.2. The SMILES string of the molecule is CCc1nc(C(C)NC(C)C)n[nH]1. The van der Waals surface area contributed by atoms with Gasteiger partial charge in [0.2, 0.25) is 0 Å². The smallest absolute Gasteiger partial charge is 0.167 e. The number of hydrogen-bond acceptors (Lipinski definition) is 3. The van der Waals surface area contributed by atoms with Crippen LogP contribution in [0.3, 0.4) is 0 Å². The molecule has 0 aliphatic heterocycles. The normalized spacial score (nSPS) is 13.6. The molecule has 1 rings (SSSR count). The second-order valence-electron chi connectivity index (χ2n) is 3.54. The van der Waals surface area contributed by atoms with Gasteiger partial charge in [0.1, 0.15) is 5.82 Å². The van der Waals surface area contributed by atoms with Crippen molar-refractivity contribution in [1.29, 1.82) is 0 Å². The van der Waals surface area contributed by atoms with Crippen molar-refractivity contribution < 1.29 is 0 Å². The molecule has 2 N–H and O–H groups in total. The maximum absolute atomic E-state index is 4.35. The van der Waals surface area contributed by atoms with Gasteiger partial charge in [-0.3, -0.25) is 5.10 Å². The molecule has 74 valence electrons. The molecule has 0 saturated heterocycles. The van der Waals surface area contributed by atoms with E-state index in [9.17, 15) is 0 Å². The van der Waals surface area contributed by atoms with Gasteiger partial charge in [0.15, 0.2) is 5.82 Å². The Balaban J connectivity index is 2.60. The van der Waals surface area contributed by atoms with Crippen molar-refractivity contribution in [3.63, 3.8) is 0 Å². The molecule has 13 heavy (non-hydrogen) atoms. The van der Waals surface area contributed by atoms with E-state index in [0.717, 1.165) is 18.1 Å². The molecule has 0 fully saturated rings. The Morgan fingerprint density at radius 2 is 2.08 bits per heavy atom. The van der Waals surface area contributed by atoms with E-state index >= 15 is 0 Å². The Bertz CT molecular complexity index is 254. The Morgan fingerprint density at radius 1 is 1.38 bits per heavy atom. The fraction of sp³-hybridized carbons (Fsp3) is 0.778. The summed E-state index contributed by atoms with van der Waals surface area (Å²) in [5.41, 5.74) is 0. The summed E-state index contributed by atoms with van der Waals surface area (Å²) >= 11 is 0. The van der Waals surface area contributed by atoms with E-state index in [1.807, 2.05) is 0 Å². The summed E-state index contributed by atoms with van der Waals surface area (Å²) in [5, 5.41) is 10.4. The third kappa shape index (κ3) is 2.81. The van der Waals surface area contributed by atoms with E-state index in [-0.39, 0.29) is 6.04 Å². The Hall–Kier alpha value is -0.900. The molecule has 0 aliphatic rings. The lowest BCUT2D eigenvalue weighted by molar-refractivity contribution is 0.488. The Labute approximate surface area is 79.2 Å². The van der Waals surface area contributed by atoms with Crippen LogP contribution in [0.1, 0.15) is 45.4 Å². The van der Waals surface area contributed by atoms with Crippen molar-refractivity contribution >= 4 is 0 Å². The lowest BCUT2D eigenvalue weighted by Crippen LogP contribution is -2.26. The standard InChI is InChI=1S/C9H18N4/c1-5-8-11-9(13-12-8)7(4)10-6(2)3/h6-7,10H,5H2,1-4H3,(H,11,12,13). The molecular weight excluding hydrogens is 164 g/mol. The average molecular weight is 182 g/mol. The molecule has 0 radical (unpaired) electrons. The van der Waals surface area contributed by atoms with Crippen molar-refractivity contribution in [2.45, 2.75) is 46.2 Å². The van der Waals surface area contributed by atoms with Crippen LogP contribution in [0.15, 0.2) is 0 Å². The van der Waals surface area contributed by atoms with E-state index < -0.39 is 0 Å². The van der Waals surface area contributed by atoms with E-state index in [1.165, 1.54) is 0 Å². The largest absolute Gasteiger partial charge is 0.305 e. The van der Waals surface area contributed by atoms with Crippen LogP contribution < -0.4 is 5.32 Å². The van der Waals surface area contributed by atoms with Crippen LogP contribution in [-0.4, -0.2) is 21.2 Å². The van der Waals surface area contributed by atoms with Crippen molar-refractivity contribution in [3.8, 4) is 0 Å². The topological polar surface area (TPSA) is 53.6 Å². The molecule has 0 aliphatic carbocycles. The van der Waals surface area contributed by atoms with Crippen molar-refractivity contribution in [3.05, 3.63) is 11.6 Å². The molecular formula is C9H18N4. The Morgan fingerprint density at radius 3 is 2.54 bits per heavy atom. The molecule has 4 nitrogen and oxygen atoms in total. The van der Waals surface area contributed by atoms with Crippen LogP contribution in [-0.2, 0) is 6.42 Å². The second kappa shape index (κ2) is 4.37. The first-order valence-electron chi connectivity index (χ1n) is 4.80. The summed E-state index contributed by atoms with van der Waals surface area (Å²) in [4.78, 5) is 4.35. The van der Waals surface area contributed by atoms with E-state index in [1.54, 1.807) is 0 Å². The zero-order valence-electron chi connectivity index (χ0n) is 8.76. The number of aryl methyl sites for hydroxylation is 1. The maximum Gasteiger partial charge on any atom is 0.167 e. The minimum absolute atomic E-state index is 0.219. The quantitative estimate of drug-likeness (QED) is 0.740. The van der Waals surface area contributed by atoms with Gasteiger partial charge in [-0.15, -0.1) is 0 Å². The van der Waals surface area contributed by atoms with E-state index in [2.05, 4.69) is 48.2 Å². The summed E-state index contributed by atoms with van der Waals surface area (Å²) in [6, 6.07) is 0.676. The minimum atomic E-state index is 0.219. The highest BCUT2D eigenvalue weighted by atomic mass is 15.2. The van der Waals surface area contributed by atoms with Gasteiger partial charge in [0, 0.05) is 12.5 Å². The number of nitrogens with zero attached hydrogens (tertiary/aromatic N) is 2. The number of rotatable bonds is 4. The molecule has 1 heterocycles. The highest BCUT2D eigenvalue weighted by molar-refractivity contribution is 4.95. The monoisotopic (exact) mass is 182 g/mol. The molecule has 0 bridgehead atoms. The molecule has 0 saturated carbocycles. The van der Waals surface area contributed by atoms with Crippen LogP contribution >= 0.6 is 0 Å². The number of H-pyrrole nitrogens is 1. The van der Waals surface area contributed by atoms with Gasteiger partial charge < -0.3 is 5.32 Å². The summed E-state index contributed by atoms with van der Waals surface area (Å²) in [5.74, 6) is 1.80. The van der Waals surface area contributed by atoms with Crippen molar-refractivity contribution in [1.82, 2.24) is 20.5 Å². The van der Waals surface area contributed by atoms with Crippen LogP contribution in [0.2, 0.25) is 0 Å². The number of aromatic amines is 1. The van der Waals surface area contributed by atoms with Crippen LogP contribution in [0.4, 0.5) is 0 Å². The fourth-order valence-electron chi connectivity index (χ4n) is 1.24. The lowest BCUT2D eigenvalue weighted by Gasteiger charge is -2.12. The predicted molar refractivity (Wildman–Crippen MR) is 52.4 cm³/mol. The predicted octanol–water partition coefficient (Wildman–Crippen LogP) is 1.43. The van der Waals surface area contributed by atoms with Gasteiger partial charge >= 0.3 is 0 Å². The third-order valence-corrected chi connectivity index (χ3v) is 1.85. The molecule has 0 spiro atoms. The van der Waals surface area contributed by atoms with Crippen molar-refractivity contribution in [2.75, 3.05) is 0 Å². The lowest BCUT2D eigenvalue weighted by atomic mass is 10.2. The van der Waals surface area contributed by atoms with Gasteiger partial charge in [-0.1, -0.05) is 20.8 Å². The van der Waals surface area contributed by atoms with Gasteiger partial charge in [-0.05, 0) is 6.92 Å². The summed E-state index contributed by atoms with van der Waals surface area (Å²) in [6.07, 6.45) is 0.904. The zero-order valence-corrected chi connectivity index (χ0v) is 8.76. The molecule has 1 aromatic heterocycles. The number of nitrogens with one attached hydrogen (secondary N) is 2. The van der Waals surface area contributed by atoms with Crippen molar-refractivity contribution in [2.24, 2.45) is 0 Å². The van der Waals surface area contributed by atoms with Crippen LogP contribution in [0.5, 0.6) is 0 Å². The first-order chi connectivity index (χ1) is 6.13. The molecule has 1 aromatic rings. The second-order valence-corrected chi connectivity index (χ2v) is 3.54. The summed E-state index contributed by atoms with van der Waals surface area (Å²) < 4.78 is 0. The van der Waals surface area contributed by atoms with Gasteiger partial charge in [-0.25, -0.2) is 4.98 Å². The maximum atomic E-state index is 4.35. The van der Waals surface area contributed by atoms with Gasteiger partial charge in [0.05, 0.1) is 6.04 Å². The average Bonchev–Trinajstić information content (AvgIpc) is 2.50. The van der Waals surface area contributed by atoms with Gasteiger partial charge in [-0.2, -0.15) is 5.10 Å². The van der Waals surface area contributed by atoms with Gasteiger partial charge in [0.25, 0.3) is 0 Å². The molecule has 0 aromatic carbocycles. The highest BCUT2D eigenvalue weighted by Gasteiger charge is 2.11. The summed E-state index contributed by atoms with van der Waals surface area (Å²) in [6.45, 7) is 8.36. The number of hydrogen-bond donors (Lipinski definition) is 2. The van der Waals surface area contributed by atoms with Crippen LogP contribution in [0, 0.1) is 0 Å². The van der Waals surface area contributed by atoms with E-state index in [4.69, 9.17) is 0 Å². The fourth-order valence-corrected chi connectivity index (χ4v) is 1.24. The molecule has 1 atom stereocenters. The summed E-state index contributed by atoms with van der Waals surface area (Å²) in [7, 11) is 0. The van der Waals surface area contributed by atoms with E-state index in [0.29, 0.717) is 6.04 Å². The number of aromatic nitrogens is 3. The Kier molecular flexibility index (Phi) is 3.42. The molecule has 4 heteroatoms.